The van der Waals surface area contributed by atoms with Crippen LogP contribution < -0.4 is 20.1 Å². The molecular weight excluding hydrogens is 321 g/mol. The van der Waals surface area contributed by atoms with E-state index in [1.54, 1.807) is 14.2 Å². The zero-order valence-corrected chi connectivity index (χ0v) is 15.7. The summed E-state index contributed by atoms with van der Waals surface area (Å²) in [5.74, 6) is 1.44. The number of benzene rings is 2. The highest BCUT2D eigenvalue weighted by Gasteiger charge is 2.45. The summed E-state index contributed by atoms with van der Waals surface area (Å²) >= 11 is 0. The van der Waals surface area contributed by atoms with Gasteiger partial charge >= 0.3 is 0 Å². The Labute approximate surface area is 143 Å². The molecule has 0 saturated carbocycles. The molecule has 0 fully saturated rings. The Kier molecular flexibility index (Phi) is 4.13. The van der Waals surface area contributed by atoms with E-state index in [4.69, 9.17) is 9.47 Å². The second-order valence-electron chi connectivity index (χ2n) is 6.98. The minimum atomic E-state index is -2.63. The highest BCUT2D eigenvalue weighted by Crippen LogP contribution is 2.62. The lowest BCUT2D eigenvalue weighted by atomic mass is 10.0. The maximum Gasteiger partial charge on any atom is 0.141 e. The van der Waals surface area contributed by atoms with Crippen molar-refractivity contribution in [2.75, 3.05) is 25.8 Å². The van der Waals surface area contributed by atoms with Crippen molar-refractivity contribution in [2.24, 2.45) is 0 Å². The van der Waals surface area contributed by atoms with E-state index in [0.717, 1.165) is 33.6 Å². The average Bonchev–Trinajstić information content (AvgIpc) is 2.92. The molecule has 1 atom stereocenters. The Hall–Kier alpha value is -1.93. The van der Waals surface area contributed by atoms with Crippen molar-refractivity contribution < 1.29 is 14.0 Å². The molecule has 3 rings (SSSR count). The Morgan fingerprint density at radius 1 is 1.00 bits per heavy atom. The minimum absolute atomic E-state index is 0.323. The van der Waals surface area contributed by atoms with Gasteiger partial charge in [0, 0.05) is 21.7 Å². The quantitative estimate of drug-likeness (QED) is 0.830. The van der Waals surface area contributed by atoms with Gasteiger partial charge in [0.05, 0.1) is 26.1 Å². The minimum Gasteiger partial charge on any atom is -0.496 e. The van der Waals surface area contributed by atoms with Crippen molar-refractivity contribution in [1.82, 2.24) is 0 Å². The van der Waals surface area contributed by atoms with E-state index in [0.29, 0.717) is 6.29 Å². The topological polar surface area (TPSA) is 47.6 Å². The number of hydrogen-bond acceptors (Lipinski definition) is 4. The fraction of sp³-hybridized carbons (Fsp3) is 0.368. The maximum absolute atomic E-state index is 13.9. The molecule has 2 aromatic carbocycles. The Morgan fingerprint density at radius 3 is 2.12 bits per heavy atom. The van der Waals surface area contributed by atoms with E-state index in [-0.39, 0.29) is 5.16 Å². The first kappa shape index (κ1) is 16.9. The van der Waals surface area contributed by atoms with Crippen molar-refractivity contribution in [2.45, 2.75) is 25.9 Å². The van der Waals surface area contributed by atoms with Crippen molar-refractivity contribution in [1.29, 1.82) is 0 Å². The molecule has 0 aliphatic carbocycles. The van der Waals surface area contributed by atoms with Crippen LogP contribution in [0.3, 0.4) is 0 Å². The molecule has 0 aromatic heterocycles. The van der Waals surface area contributed by atoms with Crippen LogP contribution in [0.25, 0.3) is 11.1 Å². The van der Waals surface area contributed by atoms with Crippen LogP contribution in [0, 0.1) is 0 Å². The van der Waals surface area contributed by atoms with E-state index in [1.165, 1.54) is 0 Å². The van der Waals surface area contributed by atoms with Crippen LogP contribution >= 0.6 is 7.14 Å². The van der Waals surface area contributed by atoms with Gasteiger partial charge in [-0.1, -0.05) is 39.0 Å². The second kappa shape index (κ2) is 5.86. The molecule has 1 heterocycles. The fourth-order valence-electron chi connectivity index (χ4n) is 3.24. The van der Waals surface area contributed by atoms with E-state index in [9.17, 15) is 4.57 Å². The average molecular weight is 345 g/mol. The third kappa shape index (κ3) is 2.41. The van der Waals surface area contributed by atoms with Crippen molar-refractivity contribution in [3.63, 3.8) is 0 Å². The van der Waals surface area contributed by atoms with Crippen LogP contribution in [0.5, 0.6) is 11.5 Å². The summed E-state index contributed by atoms with van der Waals surface area (Å²) in [7, 11) is 0.654. The molecular formula is C19H24NO3P. The highest BCUT2D eigenvalue weighted by atomic mass is 31.2. The molecule has 0 amide bonds. The molecule has 1 N–H and O–H groups in total. The number of nitrogens with one attached hydrogen (secondary N) is 1. The molecule has 2 aromatic rings. The molecule has 128 valence electrons. The van der Waals surface area contributed by atoms with Crippen LogP contribution in [0.4, 0.5) is 5.69 Å². The molecule has 0 radical (unpaired) electrons. The van der Waals surface area contributed by atoms with Crippen molar-refractivity contribution in [3.05, 3.63) is 36.4 Å². The van der Waals surface area contributed by atoms with Crippen LogP contribution in [0.2, 0.25) is 0 Å². The normalized spacial score (nSPS) is 19.5. The van der Waals surface area contributed by atoms with Gasteiger partial charge in [0.15, 0.2) is 0 Å². The summed E-state index contributed by atoms with van der Waals surface area (Å²) in [5, 5.41) is 3.92. The van der Waals surface area contributed by atoms with E-state index in [2.05, 4.69) is 5.32 Å². The Balaban J connectivity index is 2.35. The summed E-state index contributed by atoms with van der Waals surface area (Å²) in [6.07, 6.45) is 0.486. The molecule has 24 heavy (non-hydrogen) atoms. The van der Waals surface area contributed by atoms with Gasteiger partial charge in [-0.3, -0.25) is 0 Å². The van der Waals surface area contributed by atoms with Crippen LogP contribution in [-0.4, -0.2) is 25.7 Å². The van der Waals surface area contributed by atoms with Gasteiger partial charge in [-0.05, 0) is 18.2 Å². The molecule has 0 spiro atoms. The summed E-state index contributed by atoms with van der Waals surface area (Å²) in [5.41, 5.74) is 2.72. The summed E-state index contributed by atoms with van der Waals surface area (Å²) < 4.78 is 25.0. The van der Waals surface area contributed by atoms with Gasteiger partial charge in [0.2, 0.25) is 0 Å². The molecule has 1 unspecified atom stereocenters. The fourth-order valence-corrected chi connectivity index (χ4v) is 6.06. The van der Waals surface area contributed by atoms with Gasteiger partial charge in [0.25, 0.3) is 0 Å². The monoisotopic (exact) mass is 345 g/mol. The lowest BCUT2D eigenvalue weighted by molar-refractivity contribution is 0.397. The first-order valence-corrected chi connectivity index (χ1v) is 9.90. The van der Waals surface area contributed by atoms with E-state index in [1.807, 2.05) is 57.2 Å². The number of rotatable bonds is 3. The lowest BCUT2D eigenvalue weighted by Gasteiger charge is -2.29. The molecule has 1 aliphatic heterocycles. The van der Waals surface area contributed by atoms with Crippen molar-refractivity contribution in [3.8, 4) is 22.6 Å². The number of anilines is 1. The van der Waals surface area contributed by atoms with Crippen LogP contribution in [0.15, 0.2) is 36.4 Å². The summed E-state index contributed by atoms with van der Waals surface area (Å²) in [6.45, 7) is 6.13. The molecule has 0 saturated heterocycles. The first-order valence-electron chi connectivity index (χ1n) is 8.01. The zero-order valence-electron chi connectivity index (χ0n) is 14.8. The molecule has 0 bridgehead atoms. The number of fused-ring (bicyclic) bond motifs is 1. The third-order valence-corrected chi connectivity index (χ3v) is 8.65. The number of hydrogen-bond donors (Lipinski definition) is 1. The Morgan fingerprint density at radius 2 is 1.58 bits per heavy atom. The van der Waals surface area contributed by atoms with Crippen LogP contribution in [0.1, 0.15) is 20.8 Å². The molecule has 5 heteroatoms. The molecule has 4 nitrogen and oxygen atoms in total. The predicted octanol–water partition coefficient (Wildman–Crippen LogP) is 4.54. The van der Waals surface area contributed by atoms with E-state index >= 15 is 0 Å². The van der Waals surface area contributed by atoms with E-state index < -0.39 is 7.14 Å². The third-order valence-electron chi connectivity index (χ3n) is 4.67. The number of methoxy groups -OCH3 is 2. The largest absolute Gasteiger partial charge is 0.496 e. The first-order chi connectivity index (χ1) is 11.3. The Bertz CT molecular complexity index is 802. The zero-order chi connectivity index (χ0) is 17.5. The van der Waals surface area contributed by atoms with Gasteiger partial charge in [-0.25, -0.2) is 0 Å². The maximum atomic E-state index is 13.9. The van der Waals surface area contributed by atoms with Gasteiger partial charge in [-0.2, -0.15) is 0 Å². The number of ether oxygens (including phenoxy) is 2. The molecule has 1 aliphatic rings. The van der Waals surface area contributed by atoms with Gasteiger partial charge in [-0.15, -0.1) is 0 Å². The van der Waals surface area contributed by atoms with Crippen molar-refractivity contribution >= 4 is 18.1 Å². The summed E-state index contributed by atoms with van der Waals surface area (Å²) in [4.78, 5) is 0. The highest BCUT2D eigenvalue weighted by molar-refractivity contribution is 7.74. The van der Waals surface area contributed by atoms with Gasteiger partial charge < -0.3 is 19.4 Å². The van der Waals surface area contributed by atoms with Gasteiger partial charge in [0.1, 0.15) is 18.6 Å². The van der Waals surface area contributed by atoms with Crippen LogP contribution in [-0.2, 0) is 4.57 Å². The standard InChI is InChI=1S/C19H24NO3P/c1-19(2,3)24(21)12-20-14-9-6-8-13(18(14)24)17-15(22-4)10-7-11-16(17)23-5/h6-11,20H,12H2,1-5H3. The summed E-state index contributed by atoms with van der Waals surface area (Å²) in [6, 6.07) is 11.7. The SMILES string of the molecule is COc1cccc(OC)c1-c1cccc2c1P(=O)(C(C)(C)C)CN2. The lowest BCUT2D eigenvalue weighted by Crippen LogP contribution is -2.23. The second-order valence-corrected chi connectivity index (χ2v) is 10.6. The predicted molar refractivity (Wildman–Crippen MR) is 100 cm³/mol. The smallest absolute Gasteiger partial charge is 0.141 e.